The van der Waals surface area contributed by atoms with Crippen LogP contribution in [0.5, 0.6) is 0 Å². The maximum Gasteiger partial charge on any atom is 0.264 e. The van der Waals surface area contributed by atoms with E-state index in [-0.39, 0.29) is 16.7 Å². The third-order valence-electron chi connectivity index (χ3n) is 4.66. The molecule has 0 bridgehead atoms. The zero-order valence-corrected chi connectivity index (χ0v) is 18.9. The van der Waals surface area contributed by atoms with Crippen molar-refractivity contribution in [3.8, 4) is 0 Å². The van der Waals surface area contributed by atoms with E-state index in [1.807, 2.05) is 0 Å². The van der Waals surface area contributed by atoms with E-state index in [2.05, 4.69) is 5.32 Å². The number of likely N-dealkylation sites (N-methyl/N-ethyl adjacent to an activating group) is 1. The SMILES string of the molecule is Cc1c(Cl)cccc1NC(=O)CN(C)S(=O)(=O)c1ccc(C(=O)N2CCOCC2)s1. The van der Waals surface area contributed by atoms with Crippen LogP contribution in [0.4, 0.5) is 5.69 Å². The molecule has 8 nitrogen and oxygen atoms in total. The van der Waals surface area contributed by atoms with Gasteiger partial charge in [-0.15, -0.1) is 11.3 Å². The van der Waals surface area contributed by atoms with Gasteiger partial charge >= 0.3 is 0 Å². The van der Waals surface area contributed by atoms with Gasteiger partial charge in [-0.1, -0.05) is 17.7 Å². The number of amides is 2. The van der Waals surface area contributed by atoms with E-state index in [9.17, 15) is 18.0 Å². The van der Waals surface area contributed by atoms with Gasteiger partial charge in [-0.2, -0.15) is 4.31 Å². The molecule has 2 amide bonds. The molecular formula is C19H22ClN3O5S2. The van der Waals surface area contributed by atoms with Crippen molar-refractivity contribution in [1.29, 1.82) is 0 Å². The van der Waals surface area contributed by atoms with Crippen molar-refractivity contribution in [2.75, 3.05) is 45.2 Å². The molecule has 0 radical (unpaired) electrons. The van der Waals surface area contributed by atoms with Crippen molar-refractivity contribution < 1.29 is 22.7 Å². The van der Waals surface area contributed by atoms with E-state index >= 15 is 0 Å². The largest absolute Gasteiger partial charge is 0.378 e. The number of thiophene rings is 1. The molecule has 1 aliphatic rings. The van der Waals surface area contributed by atoms with Gasteiger partial charge in [-0.25, -0.2) is 8.42 Å². The number of nitrogens with one attached hydrogen (secondary N) is 1. The number of hydrogen-bond acceptors (Lipinski definition) is 6. The Bertz CT molecular complexity index is 1050. The highest BCUT2D eigenvalue weighted by Crippen LogP contribution is 2.26. The molecular weight excluding hydrogens is 450 g/mol. The Kier molecular flexibility index (Phi) is 7.14. The standard InChI is InChI=1S/C19H22ClN3O5S2/c1-13-14(20)4-3-5-15(13)21-17(24)12-22(2)30(26,27)18-7-6-16(29-18)19(25)23-8-10-28-11-9-23/h3-7H,8-12H2,1-2H3,(H,21,24). The van der Waals surface area contributed by atoms with Gasteiger partial charge < -0.3 is 15.0 Å². The minimum absolute atomic E-state index is 0.00773. The Morgan fingerprint density at radius 1 is 1.23 bits per heavy atom. The first-order chi connectivity index (χ1) is 14.2. The number of benzene rings is 1. The van der Waals surface area contributed by atoms with Crippen molar-refractivity contribution in [2.24, 2.45) is 0 Å². The normalized spacial score (nSPS) is 14.7. The number of carbonyl (C=O) groups excluding carboxylic acids is 2. The molecule has 1 saturated heterocycles. The van der Waals surface area contributed by atoms with Crippen LogP contribution in [0.1, 0.15) is 15.2 Å². The fraction of sp³-hybridized carbons (Fsp3) is 0.368. The van der Waals surface area contributed by atoms with Crippen LogP contribution in [-0.2, 0) is 19.6 Å². The molecule has 1 aliphatic heterocycles. The summed E-state index contributed by atoms with van der Waals surface area (Å²) in [6, 6.07) is 7.98. The molecule has 0 unspecified atom stereocenters. The van der Waals surface area contributed by atoms with Crippen LogP contribution < -0.4 is 5.32 Å². The topological polar surface area (TPSA) is 96.0 Å². The van der Waals surface area contributed by atoms with E-state index in [1.165, 1.54) is 19.2 Å². The number of morpholine rings is 1. The highest BCUT2D eigenvalue weighted by Gasteiger charge is 2.27. The molecule has 0 spiro atoms. The molecule has 30 heavy (non-hydrogen) atoms. The summed E-state index contributed by atoms with van der Waals surface area (Å²) in [7, 11) is -2.60. The van der Waals surface area contributed by atoms with Gasteiger partial charge in [-0.3, -0.25) is 9.59 Å². The van der Waals surface area contributed by atoms with Crippen molar-refractivity contribution in [1.82, 2.24) is 9.21 Å². The number of hydrogen-bond donors (Lipinski definition) is 1. The number of anilines is 1. The smallest absolute Gasteiger partial charge is 0.264 e. The van der Waals surface area contributed by atoms with Crippen LogP contribution in [0.3, 0.4) is 0 Å². The second-order valence-electron chi connectivity index (χ2n) is 6.74. The molecule has 0 atom stereocenters. The lowest BCUT2D eigenvalue weighted by atomic mass is 10.2. The number of carbonyl (C=O) groups is 2. The van der Waals surface area contributed by atoms with Crippen LogP contribution in [0.15, 0.2) is 34.5 Å². The van der Waals surface area contributed by atoms with Gasteiger partial charge in [0.05, 0.1) is 24.6 Å². The van der Waals surface area contributed by atoms with Crippen LogP contribution in [0.25, 0.3) is 0 Å². The lowest BCUT2D eigenvalue weighted by molar-refractivity contribution is -0.116. The monoisotopic (exact) mass is 471 g/mol. The highest BCUT2D eigenvalue weighted by molar-refractivity contribution is 7.91. The Morgan fingerprint density at radius 3 is 2.63 bits per heavy atom. The summed E-state index contributed by atoms with van der Waals surface area (Å²) in [5.74, 6) is -0.714. The number of halogens is 1. The molecule has 1 N–H and O–H groups in total. The minimum Gasteiger partial charge on any atom is -0.378 e. The highest BCUT2D eigenvalue weighted by atomic mass is 35.5. The Hall–Kier alpha value is -1.98. The first-order valence-corrected chi connectivity index (χ1v) is 11.8. The Labute approximate surface area is 184 Å². The number of nitrogens with zero attached hydrogens (tertiary/aromatic N) is 2. The lowest BCUT2D eigenvalue weighted by Gasteiger charge is -2.26. The summed E-state index contributed by atoms with van der Waals surface area (Å²) in [4.78, 5) is 26.9. The molecule has 162 valence electrons. The maximum absolute atomic E-state index is 12.8. The van der Waals surface area contributed by atoms with Gasteiger partial charge in [0.2, 0.25) is 5.91 Å². The Balaban J connectivity index is 1.67. The fourth-order valence-corrected chi connectivity index (χ4v) is 5.66. The van der Waals surface area contributed by atoms with E-state index in [0.717, 1.165) is 15.6 Å². The average Bonchev–Trinajstić information content (AvgIpc) is 3.22. The average molecular weight is 472 g/mol. The van der Waals surface area contributed by atoms with Gasteiger partial charge in [0.1, 0.15) is 4.21 Å². The number of rotatable bonds is 6. The van der Waals surface area contributed by atoms with Gasteiger partial charge in [-0.05, 0) is 36.8 Å². The molecule has 0 saturated carbocycles. The summed E-state index contributed by atoms with van der Waals surface area (Å²) in [6.45, 7) is 3.26. The number of ether oxygens (including phenoxy) is 1. The molecule has 1 fully saturated rings. The predicted octanol–water partition coefficient (Wildman–Crippen LogP) is 2.44. The summed E-state index contributed by atoms with van der Waals surface area (Å²) in [6.07, 6.45) is 0. The summed E-state index contributed by atoms with van der Waals surface area (Å²) >= 11 is 6.94. The second kappa shape index (κ2) is 9.44. The van der Waals surface area contributed by atoms with Crippen molar-refractivity contribution in [3.63, 3.8) is 0 Å². The summed E-state index contributed by atoms with van der Waals surface area (Å²) in [5, 5.41) is 3.18. The minimum atomic E-state index is -3.92. The van der Waals surface area contributed by atoms with Crippen molar-refractivity contribution in [3.05, 3.63) is 45.8 Å². The van der Waals surface area contributed by atoms with Crippen LogP contribution in [-0.4, -0.2) is 69.3 Å². The van der Waals surface area contributed by atoms with Crippen LogP contribution in [0.2, 0.25) is 5.02 Å². The van der Waals surface area contributed by atoms with Gasteiger partial charge in [0.25, 0.3) is 15.9 Å². The molecule has 2 aromatic rings. The van der Waals surface area contributed by atoms with Crippen molar-refractivity contribution >= 4 is 50.5 Å². The van der Waals surface area contributed by atoms with E-state index in [1.54, 1.807) is 30.0 Å². The van der Waals surface area contributed by atoms with Crippen LogP contribution >= 0.6 is 22.9 Å². The second-order valence-corrected chi connectivity index (χ2v) is 10.5. The Morgan fingerprint density at radius 2 is 1.93 bits per heavy atom. The lowest BCUT2D eigenvalue weighted by Crippen LogP contribution is -2.40. The third-order valence-corrected chi connectivity index (χ3v) is 8.42. The van der Waals surface area contributed by atoms with Crippen LogP contribution in [0, 0.1) is 6.92 Å². The zero-order valence-electron chi connectivity index (χ0n) is 16.6. The molecule has 3 rings (SSSR count). The van der Waals surface area contributed by atoms with E-state index < -0.39 is 15.9 Å². The van der Waals surface area contributed by atoms with Gasteiger partial charge in [0, 0.05) is 30.8 Å². The van der Waals surface area contributed by atoms with Crippen molar-refractivity contribution in [2.45, 2.75) is 11.1 Å². The number of sulfonamides is 1. The van der Waals surface area contributed by atoms with Gasteiger partial charge in [0.15, 0.2) is 0 Å². The first kappa shape index (κ1) is 22.7. The van der Waals surface area contributed by atoms with E-state index in [4.69, 9.17) is 16.3 Å². The quantitative estimate of drug-likeness (QED) is 0.698. The first-order valence-electron chi connectivity index (χ1n) is 9.18. The molecule has 2 heterocycles. The van der Waals surface area contributed by atoms with E-state index in [0.29, 0.717) is 47.5 Å². The molecule has 0 aliphatic carbocycles. The summed E-state index contributed by atoms with van der Waals surface area (Å²) in [5.41, 5.74) is 1.22. The predicted molar refractivity (Wildman–Crippen MR) is 116 cm³/mol. The third kappa shape index (κ3) is 5.01. The molecule has 1 aromatic carbocycles. The fourth-order valence-electron chi connectivity index (χ4n) is 2.87. The molecule has 11 heteroatoms. The maximum atomic E-state index is 12.8. The zero-order chi connectivity index (χ0) is 21.9. The summed E-state index contributed by atoms with van der Waals surface area (Å²) < 4.78 is 31.9. The molecule has 1 aromatic heterocycles.